The van der Waals surface area contributed by atoms with E-state index in [1.807, 2.05) is 37.3 Å². The number of alkyl halides is 6. The molecule has 2 aromatic heterocycles. The van der Waals surface area contributed by atoms with Crippen LogP contribution in [0.2, 0.25) is 0 Å². The number of pyridine rings is 1. The number of Topliss-reactive ketones (excluding diaryl/α,β-unsaturated/α-hetero) is 1. The number of nitrogens with zero attached hydrogens (tertiary/aromatic N) is 3. The monoisotopic (exact) mass is 733 g/mol. The molecule has 4 rings (SSSR count). The Hall–Kier alpha value is -4.74. The molecule has 0 bridgehead atoms. The number of piperidine rings is 1. The lowest BCUT2D eigenvalue weighted by Gasteiger charge is -2.29. The lowest BCUT2D eigenvalue weighted by molar-refractivity contribution is -0.193. The summed E-state index contributed by atoms with van der Waals surface area (Å²) in [5.74, 6) is -3.59. The van der Waals surface area contributed by atoms with Crippen molar-refractivity contribution in [3.05, 3.63) is 42.4 Å². The van der Waals surface area contributed by atoms with Crippen LogP contribution in [-0.2, 0) is 19.2 Å². The maximum absolute atomic E-state index is 13.2. The topological polar surface area (TPSA) is 175 Å². The number of likely N-dealkylation sites (tertiary alicyclic amines) is 1. The minimum Gasteiger partial charge on any atom is -0.496 e. The van der Waals surface area contributed by atoms with Gasteiger partial charge < -0.3 is 30.2 Å². The molecule has 0 aliphatic carbocycles. The average molecular weight is 734 g/mol. The number of unbranched alkanes of at least 4 members (excludes halogenated alkanes) is 2. The van der Waals surface area contributed by atoms with Gasteiger partial charge in [0, 0.05) is 30.2 Å². The van der Waals surface area contributed by atoms with Crippen LogP contribution in [0.1, 0.15) is 70.2 Å². The summed E-state index contributed by atoms with van der Waals surface area (Å²) < 4.78 is 69.1. The van der Waals surface area contributed by atoms with E-state index >= 15 is 0 Å². The van der Waals surface area contributed by atoms with Crippen LogP contribution >= 0.6 is 0 Å². The van der Waals surface area contributed by atoms with E-state index in [2.05, 4.69) is 27.2 Å². The number of aromatic amines is 1. The molecule has 1 aliphatic heterocycles. The molecule has 4 N–H and O–H groups in total. The minimum atomic E-state index is -5.08. The van der Waals surface area contributed by atoms with Crippen molar-refractivity contribution in [2.45, 2.75) is 76.7 Å². The molecule has 1 amide bonds. The van der Waals surface area contributed by atoms with Gasteiger partial charge in [0.1, 0.15) is 17.4 Å². The van der Waals surface area contributed by atoms with Gasteiger partial charge in [-0.1, -0.05) is 31.9 Å². The number of aliphatic carboxylic acids is 2. The van der Waals surface area contributed by atoms with Crippen molar-refractivity contribution in [2.24, 2.45) is 5.92 Å². The van der Waals surface area contributed by atoms with E-state index in [1.165, 1.54) is 0 Å². The molecule has 18 heteroatoms. The molecule has 0 spiro atoms. The van der Waals surface area contributed by atoms with Crippen molar-refractivity contribution in [1.82, 2.24) is 25.2 Å². The number of hydrogen-bond acceptors (Lipinski definition) is 8. The first-order valence-corrected chi connectivity index (χ1v) is 16.0. The van der Waals surface area contributed by atoms with Crippen molar-refractivity contribution in [3.8, 4) is 17.1 Å². The molecule has 282 valence electrons. The zero-order valence-corrected chi connectivity index (χ0v) is 28.2. The number of carbonyl (C=O) groups excluding carboxylic acids is 2. The van der Waals surface area contributed by atoms with E-state index in [0.29, 0.717) is 18.6 Å². The number of fused-ring (bicyclic) bond motifs is 1. The Morgan fingerprint density at radius 3 is 2.14 bits per heavy atom. The second kappa shape index (κ2) is 19.6. The Bertz CT molecular complexity index is 1580. The molecule has 3 heterocycles. The highest BCUT2D eigenvalue weighted by atomic mass is 19.4. The van der Waals surface area contributed by atoms with Crippen LogP contribution in [0.3, 0.4) is 0 Å². The largest absolute Gasteiger partial charge is 0.496 e. The molecule has 1 aliphatic rings. The Labute approximate surface area is 289 Å². The molecule has 1 saturated heterocycles. The Balaban J connectivity index is 0.000000543. The highest BCUT2D eigenvalue weighted by Crippen LogP contribution is 2.30. The van der Waals surface area contributed by atoms with Crippen molar-refractivity contribution in [1.29, 1.82) is 0 Å². The summed E-state index contributed by atoms with van der Waals surface area (Å²) in [6.45, 7) is 3.79. The number of halogens is 6. The third-order valence-electron chi connectivity index (χ3n) is 7.83. The number of hydrogen-bond donors (Lipinski definition) is 4. The Kier molecular flexibility index (Phi) is 16.3. The van der Waals surface area contributed by atoms with Crippen LogP contribution < -0.4 is 10.1 Å². The normalized spacial score (nSPS) is 14.4. The van der Waals surface area contributed by atoms with Crippen molar-refractivity contribution < 1.29 is 60.5 Å². The summed E-state index contributed by atoms with van der Waals surface area (Å²) in [6, 6.07) is 9.58. The summed E-state index contributed by atoms with van der Waals surface area (Å²) in [5.41, 5.74) is 2.38. The van der Waals surface area contributed by atoms with Gasteiger partial charge in [-0.3, -0.25) is 9.59 Å². The number of imidazole rings is 1. The second-order valence-corrected chi connectivity index (χ2v) is 11.6. The summed E-state index contributed by atoms with van der Waals surface area (Å²) >= 11 is 0. The van der Waals surface area contributed by atoms with Gasteiger partial charge in [0.2, 0.25) is 5.91 Å². The molecule has 12 nitrogen and oxygen atoms in total. The van der Waals surface area contributed by atoms with Gasteiger partial charge in [0.25, 0.3) is 0 Å². The van der Waals surface area contributed by atoms with E-state index in [4.69, 9.17) is 29.5 Å². The van der Waals surface area contributed by atoms with Gasteiger partial charge in [-0.2, -0.15) is 26.3 Å². The number of carbonyl (C=O) groups is 4. The van der Waals surface area contributed by atoms with E-state index in [9.17, 15) is 35.9 Å². The molecule has 3 aromatic rings. The van der Waals surface area contributed by atoms with Gasteiger partial charge in [-0.15, -0.1) is 0 Å². The van der Waals surface area contributed by atoms with Gasteiger partial charge >= 0.3 is 24.3 Å². The predicted octanol–water partition coefficient (Wildman–Crippen LogP) is 6.33. The number of carboxylic acids is 2. The van der Waals surface area contributed by atoms with E-state index < -0.39 is 24.3 Å². The summed E-state index contributed by atoms with van der Waals surface area (Å²) in [6.07, 6.45) is -1.91. The number of ether oxygens (including phenoxy) is 1. The maximum atomic E-state index is 13.2. The average Bonchev–Trinajstić information content (AvgIpc) is 3.57. The molecule has 0 unspecified atom stereocenters. The highest BCUT2D eigenvalue weighted by Gasteiger charge is 2.39. The molecule has 1 fully saturated rings. The third-order valence-corrected chi connectivity index (χ3v) is 7.83. The fourth-order valence-corrected chi connectivity index (χ4v) is 4.96. The number of aromatic nitrogens is 3. The second-order valence-electron chi connectivity index (χ2n) is 11.6. The fourth-order valence-electron chi connectivity index (χ4n) is 4.96. The van der Waals surface area contributed by atoms with Crippen LogP contribution in [0.5, 0.6) is 5.75 Å². The molecule has 0 radical (unpaired) electrons. The molecule has 0 saturated carbocycles. The van der Waals surface area contributed by atoms with Crippen molar-refractivity contribution in [3.63, 3.8) is 0 Å². The third kappa shape index (κ3) is 14.2. The molecular weight excluding hydrogens is 692 g/mol. The minimum absolute atomic E-state index is 0.0294. The SMILES string of the molecule is CCC(=O)CCCCC[C@H](NC(=O)C1CCN(C)CC1)c1ncc(-c2cc(OC)c3ccccc3n2)[nH]1.O=C(O)C(F)(F)F.O=C(O)C(F)(F)F. The molecular formula is C33H41F6N5O7. The summed E-state index contributed by atoms with van der Waals surface area (Å²) in [7, 11) is 3.76. The number of benzene rings is 1. The number of ketones is 1. The number of para-hydroxylation sites is 1. The van der Waals surface area contributed by atoms with Crippen LogP contribution in [0.15, 0.2) is 36.5 Å². The Morgan fingerprint density at radius 2 is 1.59 bits per heavy atom. The van der Waals surface area contributed by atoms with E-state index in [1.54, 1.807) is 13.3 Å². The molecule has 1 aromatic carbocycles. The first-order valence-electron chi connectivity index (χ1n) is 16.0. The van der Waals surface area contributed by atoms with Crippen LogP contribution in [0.25, 0.3) is 22.3 Å². The summed E-state index contributed by atoms with van der Waals surface area (Å²) in [5, 5.41) is 18.5. The zero-order chi connectivity index (χ0) is 38.4. The smallest absolute Gasteiger partial charge is 0.490 e. The van der Waals surface area contributed by atoms with E-state index in [-0.39, 0.29) is 17.9 Å². The van der Waals surface area contributed by atoms with Gasteiger partial charge in [0.15, 0.2) is 0 Å². The number of H-pyrrole nitrogens is 1. The first kappa shape index (κ1) is 42.4. The zero-order valence-electron chi connectivity index (χ0n) is 28.2. The number of carboxylic acid groups (broad SMARTS) is 2. The standard InChI is InChI=1S/C29H39N5O3.2C2HF3O2/c1-4-21(35)10-6-5-7-13-24(33-29(36)20-14-16-34(2)17-15-20)28-30-19-26(32-28)25-18-27(37-3)22-11-8-9-12-23(22)31-25;2*3-2(4,5)1(6)7/h8-9,11-12,18-20,24H,4-7,10,13-17H2,1-3H3,(H,30,32)(H,33,36);2*(H,6,7)/t24-;;/m0../s1. The molecule has 51 heavy (non-hydrogen) atoms. The van der Waals surface area contributed by atoms with Crippen molar-refractivity contribution in [2.75, 3.05) is 27.2 Å². The number of methoxy groups -OCH3 is 1. The van der Waals surface area contributed by atoms with Crippen LogP contribution in [0.4, 0.5) is 26.3 Å². The number of rotatable bonds is 12. The van der Waals surface area contributed by atoms with Gasteiger partial charge in [-0.25, -0.2) is 19.6 Å². The number of amides is 1. The van der Waals surface area contributed by atoms with Crippen LogP contribution in [-0.4, -0.2) is 93.3 Å². The maximum Gasteiger partial charge on any atom is 0.490 e. The highest BCUT2D eigenvalue weighted by molar-refractivity contribution is 5.87. The lowest BCUT2D eigenvalue weighted by Crippen LogP contribution is -2.40. The Morgan fingerprint density at radius 1 is 1.00 bits per heavy atom. The first-order chi connectivity index (χ1) is 23.9. The van der Waals surface area contributed by atoms with Crippen molar-refractivity contribution >= 4 is 34.5 Å². The number of nitrogens with one attached hydrogen (secondary N) is 2. The van der Waals surface area contributed by atoms with Gasteiger partial charge in [0.05, 0.1) is 36.3 Å². The summed E-state index contributed by atoms with van der Waals surface area (Å²) in [4.78, 5) is 57.8. The fraction of sp³-hybridized carbons (Fsp3) is 0.515. The quantitative estimate of drug-likeness (QED) is 0.122. The van der Waals surface area contributed by atoms with E-state index in [0.717, 1.165) is 85.5 Å². The van der Waals surface area contributed by atoms with Gasteiger partial charge in [-0.05, 0) is 58.0 Å². The van der Waals surface area contributed by atoms with Crippen LogP contribution in [0, 0.1) is 5.92 Å². The lowest BCUT2D eigenvalue weighted by atomic mass is 9.95. The molecule has 1 atom stereocenters. The predicted molar refractivity (Wildman–Crippen MR) is 173 cm³/mol.